The molecule has 1 aliphatic heterocycles. The molecule has 0 atom stereocenters. The molecule has 3 aromatic rings. The Kier molecular flexibility index (Phi) is 3.65. The smallest absolute Gasteiger partial charge is 0.326 e. The van der Waals surface area contributed by atoms with Crippen molar-refractivity contribution >= 4 is 16.9 Å². The molecular formula is C18H18N4O2. The zero-order valence-electron chi connectivity index (χ0n) is 13.2. The summed E-state index contributed by atoms with van der Waals surface area (Å²) in [6.07, 6.45) is 3.16. The van der Waals surface area contributed by atoms with E-state index >= 15 is 0 Å². The maximum atomic E-state index is 12.5. The number of pyridine rings is 1. The lowest BCUT2D eigenvalue weighted by Crippen LogP contribution is -2.40. The molecule has 0 aliphatic carbocycles. The van der Waals surface area contributed by atoms with Gasteiger partial charge in [0.15, 0.2) is 0 Å². The lowest BCUT2D eigenvalue weighted by atomic mass is 10.0. The predicted molar refractivity (Wildman–Crippen MR) is 91.0 cm³/mol. The molecule has 2 aromatic heterocycles. The van der Waals surface area contributed by atoms with Crippen molar-refractivity contribution in [1.82, 2.24) is 19.4 Å². The second kappa shape index (κ2) is 5.96. The molecule has 3 heterocycles. The van der Waals surface area contributed by atoms with E-state index < -0.39 is 0 Å². The number of aromatic nitrogens is 3. The van der Waals surface area contributed by atoms with Crippen LogP contribution in [-0.4, -0.2) is 38.4 Å². The van der Waals surface area contributed by atoms with E-state index in [1.807, 2.05) is 39.8 Å². The van der Waals surface area contributed by atoms with Crippen LogP contribution in [0.1, 0.15) is 29.4 Å². The van der Waals surface area contributed by atoms with Gasteiger partial charge in [-0.2, -0.15) is 0 Å². The fraction of sp³-hybridized carbons (Fsp3) is 0.278. The van der Waals surface area contributed by atoms with E-state index in [2.05, 4.69) is 9.97 Å². The van der Waals surface area contributed by atoms with Gasteiger partial charge in [0.25, 0.3) is 5.91 Å². The molecule has 1 aromatic carbocycles. The molecule has 0 bridgehead atoms. The van der Waals surface area contributed by atoms with Gasteiger partial charge in [-0.15, -0.1) is 0 Å². The third kappa shape index (κ3) is 2.50. The SMILES string of the molecule is O=C(c1ccccn1)N1CCC(n2c(=O)[nH]c3ccccc32)CC1. The van der Waals surface area contributed by atoms with Crippen LogP contribution in [0, 0.1) is 0 Å². The molecule has 1 saturated heterocycles. The van der Waals surface area contributed by atoms with Crippen LogP contribution < -0.4 is 5.69 Å². The number of nitrogens with zero attached hydrogens (tertiary/aromatic N) is 3. The number of rotatable bonds is 2. The first kappa shape index (κ1) is 14.7. The van der Waals surface area contributed by atoms with Gasteiger partial charge in [-0.05, 0) is 37.1 Å². The Morgan fingerprint density at radius 2 is 1.83 bits per heavy atom. The summed E-state index contributed by atoms with van der Waals surface area (Å²) < 4.78 is 1.83. The van der Waals surface area contributed by atoms with Crippen LogP contribution in [0.4, 0.5) is 0 Å². The van der Waals surface area contributed by atoms with Gasteiger partial charge in [0.1, 0.15) is 5.69 Å². The molecule has 1 N–H and O–H groups in total. The number of carbonyl (C=O) groups is 1. The fourth-order valence-corrected chi connectivity index (χ4v) is 3.42. The summed E-state index contributed by atoms with van der Waals surface area (Å²) in [5.41, 5.74) is 2.18. The van der Waals surface area contributed by atoms with Crippen molar-refractivity contribution in [3.05, 3.63) is 64.8 Å². The van der Waals surface area contributed by atoms with Crippen LogP contribution >= 0.6 is 0 Å². The molecule has 0 radical (unpaired) electrons. The highest BCUT2D eigenvalue weighted by atomic mass is 16.2. The van der Waals surface area contributed by atoms with Gasteiger partial charge in [0.05, 0.1) is 11.0 Å². The number of amides is 1. The number of likely N-dealkylation sites (tertiary alicyclic amines) is 1. The number of imidazole rings is 1. The van der Waals surface area contributed by atoms with Crippen molar-refractivity contribution in [2.24, 2.45) is 0 Å². The summed E-state index contributed by atoms with van der Waals surface area (Å²) in [5.74, 6) is -0.0414. The van der Waals surface area contributed by atoms with Crippen molar-refractivity contribution in [1.29, 1.82) is 0 Å². The van der Waals surface area contributed by atoms with Crippen molar-refractivity contribution in [3.8, 4) is 0 Å². The molecule has 0 unspecified atom stereocenters. The Balaban J connectivity index is 1.53. The Bertz CT molecular complexity index is 921. The molecule has 6 heteroatoms. The molecule has 122 valence electrons. The maximum absolute atomic E-state index is 12.5. The minimum absolute atomic E-state index is 0.0414. The highest BCUT2D eigenvalue weighted by Crippen LogP contribution is 2.25. The Labute approximate surface area is 138 Å². The first-order valence-corrected chi connectivity index (χ1v) is 8.13. The second-order valence-corrected chi connectivity index (χ2v) is 6.06. The second-order valence-electron chi connectivity index (χ2n) is 6.06. The fourth-order valence-electron chi connectivity index (χ4n) is 3.42. The minimum atomic E-state index is -0.0781. The van der Waals surface area contributed by atoms with Gasteiger partial charge in [-0.3, -0.25) is 14.3 Å². The average Bonchev–Trinajstić information content (AvgIpc) is 2.98. The van der Waals surface area contributed by atoms with Crippen LogP contribution in [0.3, 0.4) is 0 Å². The van der Waals surface area contributed by atoms with Crippen molar-refractivity contribution in [3.63, 3.8) is 0 Å². The number of piperidine rings is 1. The minimum Gasteiger partial charge on any atom is -0.337 e. The van der Waals surface area contributed by atoms with E-state index in [-0.39, 0.29) is 17.6 Å². The van der Waals surface area contributed by atoms with E-state index in [0.717, 1.165) is 23.9 Å². The van der Waals surface area contributed by atoms with Crippen molar-refractivity contribution in [2.45, 2.75) is 18.9 Å². The summed E-state index contributed by atoms with van der Waals surface area (Å²) in [6.45, 7) is 1.26. The van der Waals surface area contributed by atoms with Crippen LogP contribution in [0.15, 0.2) is 53.5 Å². The number of hydrogen-bond donors (Lipinski definition) is 1. The van der Waals surface area contributed by atoms with Crippen LogP contribution in [0.2, 0.25) is 0 Å². The number of nitrogens with one attached hydrogen (secondary N) is 1. The van der Waals surface area contributed by atoms with E-state index in [4.69, 9.17) is 0 Å². The molecule has 1 fully saturated rings. The first-order valence-electron chi connectivity index (χ1n) is 8.13. The van der Waals surface area contributed by atoms with Gasteiger partial charge in [0.2, 0.25) is 0 Å². The Morgan fingerprint density at radius 1 is 1.08 bits per heavy atom. The largest absolute Gasteiger partial charge is 0.337 e. The molecule has 1 amide bonds. The van der Waals surface area contributed by atoms with E-state index in [9.17, 15) is 9.59 Å². The zero-order valence-corrected chi connectivity index (χ0v) is 13.2. The standard InChI is InChI=1S/C18H18N4O2/c23-17(15-6-3-4-10-19-15)21-11-8-13(9-12-21)22-16-7-2-1-5-14(16)20-18(22)24/h1-7,10,13H,8-9,11-12H2,(H,20,24). The third-order valence-electron chi connectivity index (χ3n) is 4.62. The van der Waals surface area contributed by atoms with Crippen molar-refractivity contribution in [2.75, 3.05) is 13.1 Å². The van der Waals surface area contributed by atoms with Gasteiger partial charge < -0.3 is 9.88 Å². The van der Waals surface area contributed by atoms with E-state index in [1.165, 1.54) is 0 Å². The monoisotopic (exact) mass is 322 g/mol. The van der Waals surface area contributed by atoms with E-state index in [1.54, 1.807) is 18.3 Å². The van der Waals surface area contributed by atoms with E-state index in [0.29, 0.717) is 18.8 Å². The summed E-state index contributed by atoms with van der Waals surface area (Å²) in [6, 6.07) is 13.2. The topological polar surface area (TPSA) is 71.0 Å². The highest BCUT2D eigenvalue weighted by molar-refractivity contribution is 5.92. The number of hydrogen-bond acceptors (Lipinski definition) is 3. The Hall–Kier alpha value is -2.89. The third-order valence-corrected chi connectivity index (χ3v) is 4.62. The van der Waals surface area contributed by atoms with Crippen molar-refractivity contribution < 1.29 is 4.79 Å². The molecular weight excluding hydrogens is 304 g/mol. The van der Waals surface area contributed by atoms with Gasteiger partial charge in [-0.25, -0.2) is 4.79 Å². The first-order chi connectivity index (χ1) is 11.7. The summed E-state index contributed by atoms with van der Waals surface area (Å²) in [4.78, 5) is 33.6. The average molecular weight is 322 g/mol. The number of H-pyrrole nitrogens is 1. The predicted octanol–water partition coefficient (Wildman–Crippen LogP) is 2.20. The molecule has 0 spiro atoms. The summed E-state index contributed by atoms with van der Waals surface area (Å²) in [5, 5.41) is 0. The highest BCUT2D eigenvalue weighted by Gasteiger charge is 2.26. The van der Waals surface area contributed by atoms with Crippen LogP contribution in [0.25, 0.3) is 11.0 Å². The van der Waals surface area contributed by atoms with Gasteiger partial charge in [0, 0.05) is 25.3 Å². The van der Waals surface area contributed by atoms with Crippen LogP contribution in [0.5, 0.6) is 0 Å². The van der Waals surface area contributed by atoms with Crippen LogP contribution in [-0.2, 0) is 0 Å². The maximum Gasteiger partial charge on any atom is 0.326 e. The number of carbonyl (C=O) groups excluding carboxylic acids is 1. The molecule has 0 saturated carbocycles. The molecule has 1 aliphatic rings. The molecule has 24 heavy (non-hydrogen) atoms. The zero-order chi connectivity index (χ0) is 16.5. The Morgan fingerprint density at radius 3 is 2.58 bits per heavy atom. The lowest BCUT2D eigenvalue weighted by molar-refractivity contribution is 0.0689. The summed E-state index contributed by atoms with van der Waals surface area (Å²) >= 11 is 0. The number of para-hydroxylation sites is 2. The normalized spacial score (nSPS) is 15.8. The molecule has 6 nitrogen and oxygen atoms in total. The van der Waals surface area contributed by atoms with Gasteiger partial charge >= 0.3 is 5.69 Å². The number of aromatic amines is 1. The van der Waals surface area contributed by atoms with Gasteiger partial charge in [-0.1, -0.05) is 18.2 Å². The molecule has 4 rings (SSSR count). The number of benzene rings is 1. The summed E-state index contributed by atoms with van der Waals surface area (Å²) in [7, 11) is 0. The lowest BCUT2D eigenvalue weighted by Gasteiger charge is -2.32. The quantitative estimate of drug-likeness (QED) is 0.786. The number of fused-ring (bicyclic) bond motifs is 1.